The number of aliphatic hydroxyl groups is 2. The molecule has 0 aliphatic carbocycles. The van der Waals surface area contributed by atoms with E-state index in [9.17, 15) is 9.50 Å². The summed E-state index contributed by atoms with van der Waals surface area (Å²) in [5, 5.41) is 20.9. The summed E-state index contributed by atoms with van der Waals surface area (Å²) in [6.45, 7) is 8.54. The Labute approximate surface area is 187 Å². The maximum atomic E-state index is 14.3. The molecule has 31 heavy (non-hydrogen) atoms. The highest BCUT2D eigenvalue weighted by Crippen LogP contribution is 2.37. The zero-order chi connectivity index (χ0) is 22.9. The lowest BCUT2D eigenvalue weighted by Crippen LogP contribution is -2.67. The highest BCUT2D eigenvalue weighted by atomic mass is 28.4. The Kier molecular flexibility index (Phi) is 9.38. The standard InChI is InChI=1S/C26H35FO3Si/c1-21(18-19-24(27)25(29)17-11-12-20-28)30-31(26(2,3)4,22-13-7-5-8-14-22)23-15-9-6-10-16-23/h5-11,13-17,19,21,25,28-29H,12,18,20H2,1-4H3/b17-11-,24-19+/t21-,25?/m1/s1. The summed E-state index contributed by atoms with van der Waals surface area (Å²) in [6.07, 6.45) is 3.52. The molecule has 0 fully saturated rings. The van der Waals surface area contributed by atoms with Gasteiger partial charge in [-0.2, -0.15) is 0 Å². The second-order valence-corrected chi connectivity index (χ2v) is 13.1. The SMILES string of the molecule is C[C@H](C/C=C(/F)C(O)/C=C\CCO)O[Si](c1ccccc1)(c1ccccc1)C(C)(C)C. The summed E-state index contributed by atoms with van der Waals surface area (Å²) < 4.78 is 21.2. The highest BCUT2D eigenvalue weighted by molar-refractivity contribution is 6.99. The summed E-state index contributed by atoms with van der Waals surface area (Å²) in [5.74, 6) is -0.605. The molecule has 0 aliphatic rings. The van der Waals surface area contributed by atoms with Gasteiger partial charge < -0.3 is 14.6 Å². The van der Waals surface area contributed by atoms with Crippen molar-refractivity contribution in [2.24, 2.45) is 0 Å². The molecular weight excluding hydrogens is 407 g/mol. The van der Waals surface area contributed by atoms with Crippen LogP contribution in [0.25, 0.3) is 0 Å². The van der Waals surface area contributed by atoms with E-state index < -0.39 is 20.2 Å². The van der Waals surface area contributed by atoms with Crippen molar-refractivity contribution in [1.82, 2.24) is 0 Å². The first kappa shape index (κ1) is 25.2. The molecule has 0 aliphatic heterocycles. The van der Waals surface area contributed by atoms with Crippen LogP contribution in [0.1, 0.15) is 40.5 Å². The van der Waals surface area contributed by atoms with Crippen LogP contribution in [0.2, 0.25) is 5.04 Å². The third-order valence-corrected chi connectivity index (χ3v) is 10.5. The topological polar surface area (TPSA) is 49.7 Å². The van der Waals surface area contributed by atoms with Crippen LogP contribution in [0.4, 0.5) is 4.39 Å². The Morgan fingerprint density at radius 2 is 1.55 bits per heavy atom. The smallest absolute Gasteiger partial charge is 0.261 e. The van der Waals surface area contributed by atoms with E-state index in [1.807, 2.05) is 43.3 Å². The van der Waals surface area contributed by atoms with Gasteiger partial charge in [0.25, 0.3) is 8.32 Å². The van der Waals surface area contributed by atoms with E-state index in [-0.39, 0.29) is 17.7 Å². The van der Waals surface area contributed by atoms with Crippen molar-refractivity contribution in [1.29, 1.82) is 0 Å². The van der Waals surface area contributed by atoms with Gasteiger partial charge in [0, 0.05) is 12.7 Å². The molecule has 5 heteroatoms. The van der Waals surface area contributed by atoms with Crippen LogP contribution in [-0.2, 0) is 4.43 Å². The van der Waals surface area contributed by atoms with Crippen LogP contribution in [-0.4, -0.2) is 37.3 Å². The Bertz CT molecular complexity index is 804. The molecule has 2 rings (SSSR count). The molecule has 0 amide bonds. The molecule has 2 N–H and O–H groups in total. The minimum Gasteiger partial charge on any atom is -0.404 e. The maximum absolute atomic E-state index is 14.3. The zero-order valence-electron chi connectivity index (χ0n) is 19.0. The van der Waals surface area contributed by atoms with Gasteiger partial charge in [-0.25, -0.2) is 4.39 Å². The largest absolute Gasteiger partial charge is 0.404 e. The molecule has 0 saturated carbocycles. The molecule has 2 aromatic carbocycles. The van der Waals surface area contributed by atoms with Crippen LogP contribution in [0.5, 0.6) is 0 Å². The average Bonchev–Trinajstić information content (AvgIpc) is 2.76. The van der Waals surface area contributed by atoms with Gasteiger partial charge in [-0.05, 0) is 41.3 Å². The van der Waals surface area contributed by atoms with Crippen molar-refractivity contribution in [3.8, 4) is 0 Å². The molecule has 1 unspecified atom stereocenters. The Balaban J connectivity index is 2.35. The number of rotatable bonds is 10. The van der Waals surface area contributed by atoms with Crippen molar-refractivity contribution in [3.63, 3.8) is 0 Å². The van der Waals surface area contributed by atoms with Crippen molar-refractivity contribution in [2.75, 3.05) is 6.61 Å². The molecule has 3 nitrogen and oxygen atoms in total. The normalized spacial score (nSPS) is 15.3. The second-order valence-electron chi connectivity index (χ2n) is 8.80. The average molecular weight is 443 g/mol. The fourth-order valence-electron chi connectivity index (χ4n) is 3.83. The first-order chi connectivity index (χ1) is 14.7. The third-order valence-electron chi connectivity index (χ3n) is 5.34. The number of hydrogen-bond acceptors (Lipinski definition) is 3. The molecule has 0 radical (unpaired) electrons. The minimum atomic E-state index is -2.69. The van der Waals surface area contributed by atoms with Crippen LogP contribution in [0.15, 0.2) is 84.7 Å². The van der Waals surface area contributed by atoms with Gasteiger partial charge in [-0.15, -0.1) is 0 Å². The number of hydrogen-bond donors (Lipinski definition) is 2. The molecule has 168 valence electrons. The van der Waals surface area contributed by atoms with Crippen molar-refractivity contribution in [2.45, 2.75) is 57.8 Å². The van der Waals surface area contributed by atoms with Gasteiger partial charge in [0.1, 0.15) is 11.9 Å². The predicted octanol–water partition coefficient (Wildman–Crippen LogP) is 4.49. The lowest BCUT2D eigenvalue weighted by Gasteiger charge is -2.44. The number of aliphatic hydroxyl groups excluding tert-OH is 2. The van der Waals surface area contributed by atoms with Crippen molar-refractivity contribution >= 4 is 18.7 Å². The Morgan fingerprint density at radius 3 is 2.00 bits per heavy atom. The molecule has 2 aromatic rings. The van der Waals surface area contributed by atoms with Crippen LogP contribution >= 0.6 is 0 Å². The molecule has 0 bridgehead atoms. The van der Waals surface area contributed by atoms with Crippen molar-refractivity contribution in [3.05, 3.63) is 84.7 Å². The Hall–Kier alpha value is -2.05. The predicted molar refractivity (Wildman–Crippen MR) is 129 cm³/mol. The zero-order valence-corrected chi connectivity index (χ0v) is 20.0. The molecule has 2 atom stereocenters. The minimum absolute atomic E-state index is 0.0298. The van der Waals surface area contributed by atoms with Crippen LogP contribution < -0.4 is 10.4 Å². The first-order valence-electron chi connectivity index (χ1n) is 10.8. The van der Waals surface area contributed by atoms with Gasteiger partial charge in [0.05, 0.1) is 0 Å². The highest BCUT2D eigenvalue weighted by Gasteiger charge is 2.50. The fraction of sp³-hybridized carbons (Fsp3) is 0.385. The molecule has 0 aromatic heterocycles. The van der Waals surface area contributed by atoms with Gasteiger partial charge >= 0.3 is 0 Å². The van der Waals surface area contributed by atoms with Crippen molar-refractivity contribution < 1.29 is 19.0 Å². The van der Waals surface area contributed by atoms with E-state index in [4.69, 9.17) is 9.53 Å². The third kappa shape index (κ3) is 6.47. The quantitative estimate of drug-likeness (QED) is 0.421. The molecule has 0 heterocycles. The summed E-state index contributed by atoms with van der Waals surface area (Å²) in [5.41, 5.74) is 0. The van der Waals surface area contributed by atoms with E-state index in [1.165, 1.54) is 22.5 Å². The number of halogens is 1. The second kappa shape index (κ2) is 11.5. The number of benzene rings is 2. The molecule has 0 spiro atoms. The van der Waals surface area contributed by atoms with Gasteiger partial charge in [-0.1, -0.05) is 93.6 Å². The summed E-state index contributed by atoms with van der Waals surface area (Å²) in [6, 6.07) is 20.7. The van der Waals surface area contributed by atoms with E-state index in [1.54, 1.807) is 6.08 Å². The summed E-state index contributed by atoms with van der Waals surface area (Å²) in [7, 11) is -2.69. The molecule has 0 saturated heterocycles. The lowest BCUT2D eigenvalue weighted by atomic mass is 10.2. The van der Waals surface area contributed by atoms with E-state index in [0.29, 0.717) is 12.8 Å². The van der Waals surface area contributed by atoms with E-state index in [0.717, 1.165) is 0 Å². The monoisotopic (exact) mass is 442 g/mol. The lowest BCUT2D eigenvalue weighted by molar-refractivity contribution is 0.203. The van der Waals surface area contributed by atoms with E-state index >= 15 is 0 Å². The molecular formula is C26H35FO3Si. The fourth-order valence-corrected chi connectivity index (χ4v) is 8.55. The maximum Gasteiger partial charge on any atom is 0.261 e. The van der Waals surface area contributed by atoms with Gasteiger partial charge in [0.2, 0.25) is 0 Å². The summed E-state index contributed by atoms with van der Waals surface area (Å²) >= 11 is 0. The van der Waals surface area contributed by atoms with Gasteiger partial charge in [-0.3, -0.25) is 0 Å². The first-order valence-corrected chi connectivity index (χ1v) is 12.7. The van der Waals surface area contributed by atoms with Crippen LogP contribution in [0.3, 0.4) is 0 Å². The van der Waals surface area contributed by atoms with E-state index in [2.05, 4.69) is 45.0 Å². The Morgan fingerprint density at radius 1 is 1.03 bits per heavy atom. The van der Waals surface area contributed by atoms with Crippen LogP contribution in [0, 0.1) is 0 Å². The van der Waals surface area contributed by atoms with Gasteiger partial charge in [0.15, 0.2) is 0 Å². The summed E-state index contributed by atoms with van der Waals surface area (Å²) in [4.78, 5) is 0.